The first-order valence-corrected chi connectivity index (χ1v) is 9.51. The van der Waals surface area contributed by atoms with Crippen molar-refractivity contribution in [2.75, 3.05) is 46.8 Å². The fraction of sp³-hybridized carbons (Fsp3) is 0.700. The highest BCUT2D eigenvalue weighted by Gasteiger charge is 2.40. The Balaban J connectivity index is 1.54. The van der Waals surface area contributed by atoms with E-state index in [4.69, 9.17) is 5.73 Å². The summed E-state index contributed by atoms with van der Waals surface area (Å²) in [5.41, 5.74) is 7.95. The van der Waals surface area contributed by atoms with Gasteiger partial charge in [-0.1, -0.05) is 30.3 Å². The molecule has 2 heterocycles. The topological polar surface area (TPSA) is 35.7 Å². The third kappa shape index (κ3) is 3.99. The summed E-state index contributed by atoms with van der Waals surface area (Å²) in [5.74, 6) is 0. The fourth-order valence-electron chi connectivity index (χ4n) is 4.48. The molecule has 2 N–H and O–H groups in total. The maximum Gasteiger partial charge on any atom is 0.0356 e. The van der Waals surface area contributed by atoms with Crippen LogP contribution >= 0.6 is 0 Å². The molecule has 1 aromatic rings. The van der Waals surface area contributed by atoms with Crippen molar-refractivity contribution >= 4 is 0 Å². The zero-order chi connectivity index (χ0) is 17.0. The molecule has 0 radical (unpaired) electrons. The second kappa shape index (κ2) is 7.96. The molecule has 0 aliphatic carbocycles. The molecule has 2 saturated heterocycles. The number of nitrogens with zero attached hydrogens (tertiary/aromatic N) is 3. The quantitative estimate of drug-likeness (QED) is 0.896. The van der Waals surface area contributed by atoms with Crippen molar-refractivity contribution < 1.29 is 0 Å². The second-order valence-electron chi connectivity index (χ2n) is 7.87. The second-order valence-corrected chi connectivity index (χ2v) is 7.87. The van der Waals surface area contributed by atoms with E-state index >= 15 is 0 Å². The van der Waals surface area contributed by atoms with Crippen molar-refractivity contribution in [3.63, 3.8) is 0 Å². The molecule has 0 amide bonds. The van der Waals surface area contributed by atoms with Crippen LogP contribution in [0.5, 0.6) is 0 Å². The van der Waals surface area contributed by atoms with Gasteiger partial charge in [0.25, 0.3) is 0 Å². The minimum absolute atomic E-state index is 0.241. The van der Waals surface area contributed by atoms with Gasteiger partial charge < -0.3 is 10.6 Å². The van der Waals surface area contributed by atoms with Crippen LogP contribution < -0.4 is 5.73 Å². The lowest BCUT2D eigenvalue weighted by molar-refractivity contribution is -0.00168. The molecule has 0 aromatic heterocycles. The van der Waals surface area contributed by atoms with Crippen LogP contribution in [0.15, 0.2) is 30.3 Å². The molecular formula is C20H34N4. The van der Waals surface area contributed by atoms with E-state index in [9.17, 15) is 0 Å². The van der Waals surface area contributed by atoms with Gasteiger partial charge in [0, 0.05) is 50.8 Å². The van der Waals surface area contributed by atoms with E-state index in [2.05, 4.69) is 59.1 Å². The maximum absolute atomic E-state index is 6.29. The van der Waals surface area contributed by atoms with Gasteiger partial charge in [0.05, 0.1) is 0 Å². The van der Waals surface area contributed by atoms with E-state index in [-0.39, 0.29) is 5.54 Å². The van der Waals surface area contributed by atoms with Gasteiger partial charge in [0.1, 0.15) is 0 Å². The van der Waals surface area contributed by atoms with Gasteiger partial charge in [-0.2, -0.15) is 0 Å². The molecule has 3 rings (SSSR count). The molecule has 1 aromatic carbocycles. The Kier molecular flexibility index (Phi) is 5.93. The van der Waals surface area contributed by atoms with Crippen molar-refractivity contribution in [3.05, 3.63) is 35.9 Å². The molecule has 4 heteroatoms. The Morgan fingerprint density at radius 3 is 2.21 bits per heavy atom. The number of benzene rings is 1. The number of piperidine rings is 2. The molecule has 0 bridgehead atoms. The molecule has 2 aliphatic heterocycles. The molecule has 24 heavy (non-hydrogen) atoms. The van der Waals surface area contributed by atoms with Crippen molar-refractivity contribution in [3.8, 4) is 0 Å². The maximum atomic E-state index is 6.29. The van der Waals surface area contributed by atoms with Gasteiger partial charge in [-0.25, -0.2) is 0 Å². The highest BCUT2D eigenvalue weighted by atomic mass is 15.3. The third-order valence-electron chi connectivity index (χ3n) is 6.28. The van der Waals surface area contributed by atoms with Crippen molar-refractivity contribution in [1.82, 2.24) is 14.7 Å². The van der Waals surface area contributed by atoms with E-state index in [1.165, 1.54) is 57.4 Å². The molecule has 0 saturated carbocycles. The largest absolute Gasteiger partial charge is 0.329 e. The number of rotatable bonds is 5. The van der Waals surface area contributed by atoms with E-state index in [1.54, 1.807) is 0 Å². The minimum Gasteiger partial charge on any atom is -0.329 e. The van der Waals surface area contributed by atoms with Gasteiger partial charge in [-0.15, -0.1) is 0 Å². The predicted octanol–water partition coefficient (Wildman–Crippen LogP) is 2.01. The van der Waals surface area contributed by atoms with Crippen LogP contribution in [0.2, 0.25) is 0 Å². The lowest BCUT2D eigenvalue weighted by atomic mass is 9.83. The zero-order valence-corrected chi connectivity index (χ0v) is 15.5. The molecule has 2 fully saturated rings. The fourth-order valence-corrected chi connectivity index (χ4v) is 4.48. The van der Waals surface area contributed by atoms with Crippen LogP contribution in [-0.2, 0) is 6.54 Å². The Morgan fingerprint density at radius 2 is 1.67 bits per heavy atom. The molecule has 2 aliphatic rings. The van der Waals surface area contributed by atoms with Crippen molar-refractivity contribution in [1.29, 1.82) is 0 Å². The number of hydrogen-bond donors (Lipinski definition) is 1. The van der Waals surface area contributed by atoms with E-state index in [0.717, 1.165) is 19.1 Å². The van der Waals surface area contributed by atoms with Crippen LogP contribution in [0.4, 0.5) is 0 Å². The van der Waals surface area contributed by atoms with E-state index in [0.29, 0.717) is 0 Å². The SMILES string of the molecule is CN(C)C1CCN(C2(CN)CCN(Cc3ccccc3)CC2)CC1. The number of likely N-dealkylation sites (tertiary alicyclic amines) is 2. The van der Waals surface area contributed by atoms with Gasteiger partial charge in [-0.05, 0) is 45.3 Å². The molecule has 0 unspecified atom stereocenters. The summed E-state index contributed by atoms with van der Waals surface area (Å²) in [4.78, 5) is 7.69. The summed E-state index contributed by atoms with van der Waals surface area (Å²) >= 11 is 0. The lowest BCUT2D eigenvalue weighted by Gasteiger charge is -2.51. The average Bonchev–Trinajstić information content (AvgIpc) is 2.63. The normalized spacial score (nSPS) is 23.7. The summed E-state index contributed by atoms with van der Waals surface area (Å²) in [5, 5.41) is 0. The van der Waals surface area contributed by atoms with E-state index < -0.39 is 0 Å². The molecule has 4 nitrogen and oxygen atoms in total. The lowest BCUT2D eigenvalue weighted by Crippen LogP contribution is -2.61. The highest BCUT2D eigenvalue weighted by molar-refractivity contribution is 5.14. The van der Waals surface area contributed by atoms with Gasteiger partial charge in [0.15, 0.2) is 0 Å². The molecule has 0 atom stereocenters. The van der Waals surface area contributed by atoms with Crippen LogP contribution in [0.25, 0.3) is 0 Å². The van der Waals surface area contributed by atoms with Crippen LogP contribution in [0.3, 0.4) is 0 Å². The van der Waals surface area contributed by atoms with Crippen LogP contribution in [-0.4, -0.2) is 73.1 Å². The first-order valence-electron chi connectivity index (χ1n) is 9.51. The first kappa shape index (κ1) is 17.9. The molecule has 134 valence electrons. The Labute approximate surface area is 147 Å². The Bertz CT molecular complexity index is 486. The van der Waals surface area contributed by atoms with Crippen molar-refractivity contribution in [2.45, 2.75) is 43.8 Å². The van der Waals surface area contributed by atoms with Gasteiger partial charge in [0.2, 0.25) is 0 Å². The molecular weight excluding hydrogens is 296 g/mol. The van der Waals surface area contributed by atoms with Crippen molar-refractivity contribution in [2.24, 2.45) is 5.73 Å². The van der Waals surface area contributed by atoms with Crippen LogP contribution in [0, 0.1) is 0 Å². The summed E-state index contributed by atoms with van der Waals surface area (Å²) in [6, 6.07) is 11.6. The van der Waals surface area contributed by atoms with Gasteiger partial charge in [-0.3, -0.25) is 9.80 Å². The van der Waals surface area contributed by atoms with E-state index in [1.807, 2.05) is 0 Å². The first-order chi connectivity index (χ1) is 11.6. The standard InChI is InChI=1S/C20H34N4/c1-22(2)19-8-12-24(13-9-19)20(17-21)10-14-23(15-11-20)16-18-6-4-3-5-7-18/h3-7,19H,8-17,21H2,1-2H3. The Morgan fingerprint density at radius 1 is 1.04 bits per heavy atom. The van der Waals surface area contributed by atoms with Gasteiger partial charge >= 0.3 is 0 Å². The predicted molar refractivity (Wildman–Crippen MR) is 101 cm³/mol. The van der Waals surface area contributed by atoms with Crippen LogP contribution in [0.1, 0.15) is 31.2 Å². The number of nitrogens with two attached hydrogens (primary N) is 1. The minimum atomic E-state index is 0.241. The summed E-state index contributed by atoms with van der Waals surface area (Å²) in [6.07, 6.45) is 4.98. The monoisotopic (exact) mass is 330 g/mol. The summed E-state index contributed by atoms with van der Waals surface area (Å²) in [6.45, 7) is 6.62. The summed E-state index contributed by atoms with van der Waals surface area (Å²) in [7, 11) is 4.42. The third-order valence-corrected chi connectivity index (χ3v) is 6.28. The number of hydrogen-bond acceptors (Lipinski definition) is 4. The average molecular weight is 331 g/mol. The highest BCUT2D eigenvalue weighted by Crippen LogP contribution is 2.32. The zero-order valence-electron chi connectivity index (χ0n) is 15.5. The summed E-state index contributed by atoms with van der Waals surface area (Å²) < 4.78 is 0. The Hall–Kier alpha value is -0.940. The molecule has 0 spiro atoms. The smallest absolute Gasteiger partial charge is 0.0356 e.